The minimum atomic E-state index is -0.564. The van der Waals surface area contributed by atoms with Crippen molar-refractivity contribution >= 4 is 72.8 Å². The molecule has 1 heterocycles. The lowest BCUT2D eigenvalue weighted by Gasteiger charge is -2.29. The van der Waals surface area contributed by atoms with Crippen LogP contribution in [0.2, 0.25) is 0 Å². The van der Waals surface area contributed by atoms with Crippen molar-refractivity contribution in [2.45, 2.75) is 13.8 Å². The average molecular weight is 510 g/mol. The van der Waals surface area contributed by atoms with Crippen molar-refractivity contribution in [2.24, 2.45) is 0 Å². The van der Waals surface area contributed by atoms with Crippen LogP contribution in [-0.4, -0.2) is 22.0 Å². The molecule has 0 aliphatic carbocycles. The lowest BCUT2D eigenvalue weighted by molar-refractivity contribution is -0.122. The van der Waals surface area contributed by atoms with Gasteiger partial charge in [0.2, 0.25) is 0 Å². The Labute approximate surface area is 178 Å². The Morgan fingerprint density at radius 1 is 1.07 bits per heavy atom. The Balaban J connectivity index is 2.06. The van der Waals surface area contributed by atoms with Gasteiger partial charge in [0.1, 0.15) is 11.3 Å². The second-order valence-corrected chi connectivity index (χ2v) is 8.15. The molecule has 3 rings (SSSR count). The second-order valence-electron chi connectivity index (χ2n) is 6.06. The molecule has 2 aromatic carbocycles. The first kappa shape index (κ1) is 19.7. The van der Waals surface area contributed by atoms with Gasteiger partial charge in [-0.15, -0.1) is 0 Å². The Hall–Kier alpha value is -2.03. The molecule has 2 amide bonds. The number of aryl methyl sites for hydroxylation is 2. The number of anilines is 1. The zero-order chi connectivity index (χ0) is 19.9. The van der Waals surface area contributed by atoms with Crippen molar-refractivity contribution < 1.29 is 14.7 Å². The third-order valence-electron chi connectivity index (χ3n) is 4.20. The van der Waals surface area contributed by atoms with Gasteiger partial charge >= 0.3 is 0 Å². The summed E-state index contributed by atoms with van der Waals surface area (Å²) >= 11 is 11.7. The first-order valence-electron chi connectivity index (χ1n) is 7.85. The number of thiocarbonyl (C=S) groups is 1. The largest absolute Gasteiger partial charge is 0.506 e. The molecular weight excluding hydrogens is 496 g/mol. The van der Waals surface area contributed by atoms with Crippen molar-refractivity contribution in [3.63, 3.8) is 0 Å². The average Bonchev–Trinajstić information content (AvgIpc) is 2.59. The predicted molar refractivity (Wildman–Crippen MR) is 116 cm³/mol. The molecule has 27 heavy (non-hydrogen) atoms. The number of carbonyl (C=O) groups is 2. The molecule has 138 valence electrons. The number of benzene rings is 2. The van der Waals surface area contributed by atoms with Crippen molar-refractivity contribution in [1.82, 2.24) is 5.32 Å². The molecule has 0 saturated carbocycles. The third-order valence-corrected chi connectivity index (χ3v) is 5.69. The summed E-state index contributed by atoms with van der Waals surface area (Å²) in [7, 11) is 0. The number of nitrogens with zero attached hydrogens (tertiary/aromatic N) is 1. The highest BCUT2D eigenvalue weighted by Crippen LogP contribution is 2.34. The van der Waals surface area contributed by atoms with Gasteiger partial charge in [0.25, 0.3) is 11.8 Å². The van der Waals surface area contributed by atoms with Crippen molar-refractivity contribution in [2.75, 3.05) is 4.90 Å². The predicted octanol–water partition coefficient (Wildman–Crippen LogP) is 4.37. The molecule has 0 unspecified atom stereocenters. The Kier molecular flexibility index (Phi) is 5.50. The quantitative estimate of drug-likeness (QED) is 0.358. The van der Waals surface area contributed by atoms with E-state index >= 15 is 0 Å². The summed E-state index contributed by atoms with van der Waals surface area (Å²) in [6, 6.07) is 8.76. The summed E-state index contributed by atoms with van der Waals surface area (Å²) in [5.74, 6) is -1.03. The molecule has 2 N–H and O–H groups in total. The zero-order valence-electron chi connectivity index (χ0n) is 14.3. The number of phenolic OH excluding ortho intramolecular Hbond substituents is 1. The van der Waals surface area contributed by atoms with E-state index in [-0.39, 0.29) is 16.4 Å². The monoisotopic (exact) mass is 508 g/mol. The number of hydrogen-bond acceptors (Lipinski definition) is 4. The summed E-state index contributed by atoms with van der Waals surface area (Å²) in [6.07, 6.45) is 1.46. The molecule has 0 radical (unpaired) electrons. The molecule has 0 spiro atoms. The topological polar surface area (TPSA) is 69.6 Å². The lowest BCUT2D eigenvalue weighted by Crippen LogP contribution is -2.54. The molecule has 2 aromatic rings. The van der Waals surface area contributed by atoms with Gasteiger partial charge in [-0.1, -0.05) is 6.07 Å². The minimum Gasteiger partial charge on any atom is -0.506 e. The van der Waals surface area contributed by atoms with Crippen LogP contribution >= 0.6 is 44.1 Å². The summed E-state index contributed by atoms with van der Waals surface area (Å²) in [6.45, 7) is 3.92. The van der Waals surface area contributed by atoms with Crippen LogP contribution in [0.25, 0.3) is 6.08 Å². The highest BCUT2D eigenvalue weighted by atomic mass is 79.9. The number of phenols is 1. The SMILES string of the molecule is Cc1ccc(N2C(=O)/C(=C/c3cc(Br)c(O)c(Br)c3)C(=O)NC2=S)cc1C. The van der Waals surface area contributed by atoms with Crippen LogP contribution in [-0.2, 0) is 9.59 Å². The third kappa shape index (κ3) is 3.83. The van der Waals surface area contributed by atoms with Gasteiger partial charge < -0.3 is 5.11 Å². The fraction of sp³-hybridized carbons (Fsp3) is 0.105. The first-order chi connectivity index (χ1) is 12.7. The van der Waals surface area contributed by atoms with E-state index in [1.807, 2.05) is 26.0 Å². The van der Waals surface area contributed by atoms with Crippen molar-refractivity contribution in [3.05, 3.63) is 61.5 Å². The number of nitrogens with one attached hydrogen (secondary N) is 1. The minimum absolute atomic E-state index is 0.0366. The van der Waals surface area contributed by atoms with Gasteiger partial charge in [0.15, 0.2) is 5.11 Å². The highest BCUT2D eigenvalue weighted by molar-refractivity contribution is 9.11. The van der Waals surface area contributed by atoms with Crippen LogP contribution in [0.3, 0.4) is 0 Å². The van der Waals surface area contributed by atoms with E-state index in [2.05, 4.69) is 37.2 Å². The van der Waals surface area contributed by atoms with Crippen molar-refractivity contribution in [1.29, 1.82) is 0 Å². The van der Waals surface area contributed by atoms with Gasteiger partial charge in [-0.25, -0.2) is 0 Å². The maximum atomic E-state index is 13.0. The number of carbonyl (C=O) groups excluding carboxylic acids is 2. The molecule has 1 aliphatic heterocycles. The van der Waals surface area contributed by atoms with E-state index in [0.29, 0.717) is 20.2 Å². The van der Waals surface area contributed by atoms with Gasteiger partial charge in [-0.05, 0) is 105 Å². The molecular formula is C19H14Br2N2O3S. The van der Waals surface area contributed by atoms with E-state index in [9.17, 15) is 14.7 Å². The molecule has 1 fully saturated rings. The van der Waals surface area contributed by atoms with E-state index in [0.717, 1.165) is 11.1 Å². The fourth-order valence-corrected chi connectivity index (χ4v) is 4.09. The Morgan fingerprint density at radius 3 is 2.30 bits per heavy atom. The summed E-state index contributed by atoms with van der Waals surface area (Å²) in [4.78, 5) is 26.7. The smallest absolute Gasteiger partial charge is 0.270 e. The highest BCUT2D eigenvalue weighted by Gasteiger charge is 2.34. The molecule has 5 nitrogen and oxygen atoms in total. The molecule has 0 bridgehead atoms. The zero-order valence-corrected chi connectivity index (χ0v) is 18.3. The van der Waals surface area contributed by atoms with Crippen LogP contribution in [0.5, 0.6) is 5.75 Å². The van der Waals surface area contributed by atoms with Gasteiger partial charge in [-0.2, -0.15) is 0 Å². The Morgan fingerprint density at radius 2 is 1.70 bits per heavy atom. The van der Waals surface area contributed by atoms with E-state index in [4.69, 9.17) is 12.2 Å². The van der Waals surface area contributed by atoms with Gasteiger partial charge in [0, 0.05) is 0 Å². The first-order valence-corrected chi connectivity index (χ1v) is 9.85. The van der Waals surface area contributed by atoms with Crippen molar-refractivity contribution in [3.8, 4) is 5.75 Å². The van der Waals surface area contributed by atoms with Crippen LogP contribution in [0.15, 0.2) is 44.9 Å². The normalized spacial score (nSPS) is 16.1. The van der Waals surface area contributed by atoms with E-state index in [1.54, 1.807) is 18.2 Å². The molecule has 0 aromatic heterocycles. The summed E-state index contributed by atoms with van der Waals surface area (Å²) in [5.41, 5.74) is 3.21. The molecule has 1 saturated heterocycles. The number of halogens is 2. The number of amides is 2. The van der Waals surface area contributed by atoms with Crippen LogP contribution in [0.4, 0.5) is 5.69 Å². The Bertz CT molecular complexity index is 1010. The number of aromatic hydroxyl groups is 1. The molecule has 0 atom stereocenters. The lowest BCUT2D eigenvalue weighted by atomic mass is 10.1. The number of rotatable bonds is 2. The van der Waals surface area contributed by atoms with Gasteiger partial charge in [0.05, 0.1) is 14.6 Å². The standard InChI is InChI=1S/C19H14Br2N2O3S/c1-9-3-4-12(5-10(9)2)23-18(26)13(17(25)22-19(23)27)6-11-7-14(20)16(24)15(21)8-11/h3-8,24H,1-2H3,(H,22,25,27)/b13-6+. The maximum Gasteiger partial charge on any atom is 0.270 e. The summed E-state index contributed by atoms with van der Waals surface area (Å²) < 4.78 is 0.878. The van der Waals surface area contributed by atoms with Gasteiger partial charge in [-0.3, -0.25) is 19.8 Å². The summed E-state index contributed by atoms with van der Waals surface area (Å²) in [5, 5.41) is 12.4. The van der Waals surface area contributed by atoms with Crippen LogP contribution < -0.4 is 10.2 Å². The van der Waals surface area contributed by atoms with E-state index < -0.39 is 11.8 Å². The van der Waals surface area contributed by atoms with Crippen LogP contribution in [0, 0.1) is 13.8 Å². The molecule has 8 heteroatoms. The van der Waals surface area contributed by atoms with Crippen LogP contribution in [0.1, 0.15) is 16.7 Å². The van der Waals surface area contributed by atoms with E-state index in [1.165, 1.54) is 11.0 Å². The number of hydrogen-bond donors (Lipinski definition) is 2. The fourth-order valence-electron chi connectivity index (χ4n) is 2.59. The molecule has 1 aliphatic rings. The maximum absolute atomic E-state index is 13.0. The second kappa shape index (κ2) is 7.53.